The van der Waals surface area contributed by atoms with Crippen LogP contribution in [0.2, 0.25) is 0 Å². The van der Waals surface area contributed by atoms with E-state index in [0.717, 1.165) is 6.07 Å². The summed E-state index contributed by atoms with van der Waals surface area (Å²) in [7, 11) is -3.90. The summed E-state index contributed by atoms with van der Waals surface area (Å²) in [5, 5.41) is 13.1. The minimum absolute atomic E-state index is 0.0354. The van der Waals surface area contributed by atoms with Crippen LogP contribution in [0.4, 0.5) is 5.69 Å². The lowest BCUT2D eigenvalue weighted by atomic mass is 10.3. The van der Waals surface area contributed by atoms with E-state index >= 15 is 0 Å². The number of nitrogens with one attached hydrogen (secondary N) is 2. The van der Waals surface area contributed by atoms with Gasteiger partial charge < -0.3 is 9.73 Å². The van der Waals surface area contributed by atoms with Gasteiger partial charge in [0, 0.05) is 25.2 Å². The predicted octanol–water partition coefficient (Wildman–Crippen LogP) is 0.896. The van der Waals surface area contributed by atoms with Gasteiger partial charge in [0.15, 0.2) is 5.76 Å². The molecule has 1 aromatic heterocycles. The Morgan fingerprint density at radius 3 is 2.65 bits per heavy atom. The van der Waals surface area contributed by atoms with Crippen LogP contribution >= 0.6 is 0 Å². The number of nitrogens with zero attached hydrogens (tertiary/aromatic N) is 1. The number of non-ortho nitro benzene ring substituents is 1. The van der Waals surface area contributed by atoms with Crippen LogP contribution in [-0.4, -0.2) is 32.3 Å². The van der Waals surface area contributed by atoms with Gasteiger partial charge in [-0.05, 0) is 18.2 Å². The van der Waals surface area contributed by atoms with Crippen molar-refractivity contribution in [1.82, 2.24) is 10.0 Å². The van der Waals surface area contributed by atoms with Gasteiger partial charge in [-0.15, -0.1) is 0 Å². The Bertz CT molecular complexity index is 801. The summed E-state index contributed by atoms with van der Waals surface area (Å²) in [6.45, 7) is -0.0365. The van der Waals surface area contributed by atoms with Gasteiger partial charge in [0.2, 0.25) is 10.0 Å². The van der Waals surface area contributed by atoms with Gasteiger partial charge in [-0.25, -0.2) is 13.1 Å². The number of nitro benzene ring substituents is 1. The molecule has 2 N–H and O–H groups in total. The van der Waals surface area contributed by atoms with Crippen molar-refractivity contribution >= 4 is 21.6 Å². The van der Waals surface area contributed by atoms with Crippen LogP contribution in [0.5, 0.6) is 0 Å². The van der Waals surface area contributed by atoms with E-state index in [2.05, 4.69) is 10.0 Å². The summed E-state index contributed by atoms with van der Waals surface area (Å²) < 4.78 is 31.2. The van der Waals surface area contributed by atoms with Gasteiger partial charge in [-0.2, -0.15) is 0 Å². The molecule has 1 amide bonds. The van der Waals surface area contributed by atoms with Crippen molar-refractivity contribution in [2.24, 2.45) is 0 Å². The quantitative estimate of drug-likeness (QED) is 0.437. The third-order valence-electron chi connectivity index (χ3n) is 2.79. The zero-order valence-electron chi connectivity index (χ0n) is 11.8. The van der Waals surface area contributed by atoms with Crippen LogP contribution in [-0.2, 0) is 10.0 Å². The van der Waals surface area contributed by atoms with E-state index in [-0.39, 0.29) is 29.4 Å². The van der Waals surface area contributed by atoms with Gasteiger partial charge >= 0.3 is 0 Å². The fourth-order valence-electron chi connectivity index (χ4n) is 1.70. The highest BCUT2D eigenvalue weighted by molar-refractivity contribution is 7.89. The molecule has 0 fully saturated rings. The Labute approximate surface area is 131 Å². The molecule has 0 saturated heterocycles. The third-order valence-corrected chi connectivity index (χ3v) is 4.25. The van der Waals surface area contributed by atoms with Crippen LogP contribution in [0.1, 0.15) is 10.6 Å². The van der Waals surface area contributed by atoms with Gasteiger partial charge in [-0.1, -0.05) is 6.07 Å². The summed E-state index contributed by atoms with van der Waals surface area (Å²) in [5.74, 6) is -0.351. The van der Waals surface area contributed by atoms with Crippen LogP contribution in [0.25, 0.3) is 0 Å². The molecule has 0 atom stereocenters. The van der Waals surface area contributed by atoms with E-state index in [9.17, 15) is 23.3 Å². The number of amides is 1. The SMILES string of the molecule is O=C(NCCNS(=O)(=O)c1cccc([N+](=O)[O-])c1)c1ccco1. The molecule has 0 unspecified atom stereocenters. The molecule has 0 spiro atoms. The van der Waals surface area contributed by atoms with Crippen molar-refractivity contribution in [3.05, 3.63) is 58.5 Å². The maximum atomic E-state index is 12.0. The number of nitro groups is 1. The molecule has 1 aromatic carbocycles. The van der Waals surface area contributed by atoms with E-state index in [1.807, 2.05) is 0 Å². The largest absolute Gasteiger partial charge is 0.459 e. The van der Waals surface area contributed by atoms with E-state index in [4.69, 9.17) is 4.42 Å². The van der Waals surface area contributed by atoms with Crippen LogP contribution in [0.3, 0.4) is 0 Å². The Kier molecular flexibility index (Phi) is 5.09. The standard InChI is InChI=1S/C13H13N3O6S/c17-13(12-5-2-8-22-12)14-6-7-15-23(20,21)11-4-1-3-10(9-11)16(18)19/h1-5,8-9,15H,6-7H2,(H,14,17). The number of carbonyl (C=O) groups excluding carboxylic acids is 1. The maximum Gasteiger partial charge on any atom is 0.287 e. The number of rotatable bonds is 7. The lowest BCUT2D eigenvalue weighted by Crippen LogP contribution is -2.34. The zero-order chi connectivity index (χ0) is 16.9. The Morgan fingerprint density at radius 1 is 1.22 bits per heavy atom. The summed E-state index contributed by atoms with van der Waals surface area (Å²) >= 11 is 0. The molecule has 1 heterocycles. The molecular weight excluding hydrogens is 326 g/mol. The number of hydrogen-bond donors (Lipinski definition) is 2. The average molecular weight is 339 g/mol. The van der Waals surface area contributed by atoms with E-state index in [0.29, 0.717) is 0 Å². The second-order valence-corrected chi connectivity index (χ2v) is 6.15. The molecule has 122 valence electrons. The second-order valence-electron chi connectivity index (χ2n) is 4.39. The minimum Gasteiger partial charge on any atom is -0.459 e. The molecule has 2 aromatic rings. The molecular formula is C13H13N3O6S. The lowest BCUT2D eigenvalue weighted by Gasteiger charge is -2.07. The van der Waals surface area contributed by atoms with Crippen molar-refractivity contribution in [2.75, 3.05) is 13.1 Å². The summed E-state index contributed by atoms with van der Waals surface area (Å²) in [6.07, 6.45) is 1.35. The number of sulfonamides is 1. The van der Waals surface area contributed by atoms with Crippen LogP contribution in [0.15, 0.2) is 52.0 Å². The predicted molar refractivity (Wildman–Crippen MR) is 79.3 cm³/mol. The summed E-state index contributed by atoms with van der Waals surface area (Å²) in [4.78, 5) is 21.3. The molecule has 0 saturated carbocycles. The van der Waals surface area contributed by atoms with Gasteiger partial charge in [-0.3, -0.25) is 14.9 Å². The highest BCUT2D eigenvalue weighted by Crippen LogP contribution is 2.16. The fraction of sp³-hybridized carbons (Fsp3) is 0.154. The smallest absolute Gasteiger partial charge is 0.287 e. The van der Waals surface area contributed by atoms with Crippen molar-refractivity contribution in [3.8, 4) is 0 Å². The highest BCUT2D eigenvalue weighted by atomic mass is 32.2. The van der Waals surface area contributed by atoms with Crippen LogP contribution in [0, 0.1) is 10.1 Å². The number of carbonyl (C=O) groups is 1. The topological polar surface area (TPSA) is 132 Å². The van der Waals surface area contributed by atoms with Gasteiger partial charge in [0.25, 0.3) is 11.6 Å². The number of furan rings is 1. The first-order chi connectivity index (χ1) is 10.9. The summed E-state index contributed by atoms with van der Waals surface area (Å²) in [6, 6.07) is 7.72. The number of benzene rings is 1. The molecule has 0 aliphatic rings. The molecule has 2 rings (SSSR count). The minimum atomic E-state index is -3.90. The van der Waals surface area contributed by atoms with E-state index < -0.39 is 20.9 Å². The zero-order valence-corrected chi connectivity index (χ0v) is 12.6. The monoisotopic (exact) mass is 339 g/mol. The normalized spacial score (nSPS) is 11.1. The van der Waals surface area contributed by atoms with Crippen molar-refractivity contribution in [1.29, 1.82) is 0 Å². The second kappa shape index (κ2) is 7.03. The molecule has 0 aliphatic carbocycles. The van der Waals surface area contributed by atoms with E-state index in [1.54, 1.807) is 6.07 Å². The lowest BCUT2D eigenvalue weighted by molar-refractivity contribution is -0.385. The Hall–Kier alpha value is -2.72. The summed E-state index contributed by atoms with van der Waals surface area (Å²) in [5.41, 5.74) is -0.320. The number of hydrogen-bond acceptors (Lipinski definition) is 6. The molecule has 0 aliphatic heterocycles. The maximum absolute atomic E-state index is 12.0. The van der Waals surface area contributed by atoms with E-state index in [1.165, 1.54) is 30.5 Å². The first-order valence-corrected chi connectivity index (χ1v) is 7.94. The van der Waals surface area contributed by atoms with Crippen molar-refractivity contribution in [3.63, 3.8) is 0 Å². The average Bonchev–Trinajstić information content (AvgIpc) is 3.06. The van der Waals surface area contributed by atoms with Gasteiger partial charge in [0.05, 0.1) is 16.1 Å². The highest BCUT2D eigenvalue weighted by Gasteiger charge is 2.17. The molecule has 23 heavy (non-hydrogen) atoms. The Balaban J connectivity index is 1.90. The Morgan fingerprint density at radius 2 is 2.00 bits per heavy atom. The van der Waals surface area contributed by atoms with Crippen LogP contribution < -0.4 is 10.0 Å². The van der Waals surface area contributed by atoms with Gasteiger partial charge in [0.1, 0.15) is 0 Å². The first-order valence-electron chi connectivity index (χ1n) is 6.46. The molecule has 9 nitrogen and oxygen atoms in total. The van der Waals surface area contributed by atoms with Crippen molar-refractivity contribution < 1.29 is 22.6 Å². The molecule has 0 bridgehead atoms. The first kappa shape index (κ1) is 16.6. The molecule has 0 radical (unpaired) electrons. The third kappa shape index (κ3) is 4.37. The molecule has 10 heteroatoms. The fourth-order valence-corrected chi connectivity index (χ4v) is 2.77. The van der Waals surface area contributed by atoms with Crippen molar-refractivity contribution in [2.45, 2.75) is 4.90 Å².